The monoisotopic (exact) mass is 492 g/mol. The van der Waals surface area contributed by atoms with E-state index in [4.69, 9.17) is 13.9 Å². The molecule has 0 fully saturated rings. The first kappa shape index (κ1) is 25.8. The molecule has 1 aliphatic heterocycles. The molecule has 0 aliphatic carbocycles. The van der Waals surface area contributed by atoms with Gasteiger partial charge >= 0.3 is 0 Å². The van der Waals surface area contributed by atoms with Crippen LogP contribution >= 0.6 is 0 Å². The Labute approximate surface area is 212 Å². The van der Waals surface area contributed by atoms with E-state index in [1.807, 2.05) is 44.2 Å². The van der Waals surface area contributed by atoms with Crippen molar-refractivity contribution in [3.63, 3.8) is 0 Å². The number of nitrogens with zero attached hydrogens (tertiary/aromatic N) is 2. The van der Waals surface area contributed by atoms with Gasteiger partial charge in [0.05, 0.1) is 30.7 Å². The van der Waals surface area contributed by atoms with Gasteiger partial charge in [-0.1, -0.05) is 38.5 Å². The van der Waals surface area contributed by atoms with Gasteiger partial charge in [-0.2, -0.15) is 0 Å². The topological polar surface area (TPSA) is 72.2 Å². The van der Waals surface area contributed by atoms with Gasteiger partial charge in [-0.3, -0.25) is 9.59 Å². The molecule has 7 heteroatoms. The summed E-state index contributed by atoms with van der Waals surface area (Å²) in [6.45, 7) is 12.1. The van der Waals surface area contributed by atoms with Crippen molar-refractivity contribution in [1.29, 1.82) is 0 Å². The number of rotatable bonds is 11. The van der Waals surface area contributed by atoms with E-state index < -0.39 is 6.04 Å². The summed E-state index contributed by atoms with van der Waals surface area (Å²) in [4.78, 5) is 31.5. The van der Waals surface area contributed by atoms with Gasteiger partial charge in [0.25, 0.3) is 5.91 Å². The van der Waals surface area contributed by atoms with Crippen LogP contribution in [0.25, 0.3) is 11.0 Å². The van der Waals surface area contributed by atoms with Crippen LogP contribution in [0.3, 0.4) is 0 Å². The van der Waals surface area contributed by atoms with E-state index in [1.54, 1.807) is 18.1 Å². The Morgan fingerprint density at radius 3 is 2.50 bits per heavy atom. The second kappa shape index (κ2) is 11.2. The van der Waals surface area contributed by atoms with Crippen molar-refractivity contribution in [2.45, 2.75) is 46.6 Å². The molecule has 1 amide bonds. The van der Waals surface area contributed by atoms with Crippen molar-refractivity contribution < 1.29 is 18.7 Å². The van der Waals surface area contributed by atoms with Crippen molar-refractivity contribution in [2.75, 3.05) is 39.9 Å². The van der Waals surface area contributed by atoms with Crippen LogP contribution in [0.15, 0.2) is 45.6 Å². The first-order chi connectivity index (χ1) is 17.4. The van der Waals surface area contributed by atoms with Gasteiger partial charge in [0.15, 0.2) is 16.9 Å². The lowest BCUT2D eigenvalue weighted by Crippen LogP contribution is -2.33. The molecule has 0 saturated carbocycles. The van der Waals surface area contributed by atoms with Crippen molar-refractivity contribution >= 4 is 16.9 Å². The zero-order chi connectivity index (χ0) is 25.8. The van der Waals surface area contributed by atoms with Gasteiger partial charge in [0.1, 0.15) is 5.58 Å². The molecule has 2 aromatic carbocycles. The molecule has 192 valence electrons. The number of hydrogen-bond acceptors (Lipinski definition) is 6. The highest BCUT2D eigenvalue weighted by atomic mass is 16.5. The second-order valence-electron chi connectivity index (χ2n) is 9.21. The molecule has 0 saturated heterocycles. The Morgan fingerprint density at radius 1 is 1.03 bits per heavy atom. The summed E-state index contributed by atoms with van der Waals surface area (Å²) in [6.07, 6.45) is 1.67. The summed E-state index contributed by atoms with van der Waals surface area (Å²) < 4.78 is 17.5. The van der Waals surface area contributed by atoms with Crippen molar-refractivity contribution in [2.24, 2.45) is 0 Å². The minimum absolute atomic E-state index is 0.134. The largest absolute Gasteiger partial charge is 0.493 e. The summed E-state index contributed by atoms with van der Waals surface area (Å²) in [6, 6.07) is 10.6. The molecule has 0 N–H and O–H groups in total. The fourth-order valence-electron chi connectivity index (χ4n) is 4.90. The molecule has 1 atom stereocenters. The van der Waals surface area contributed by atoms with Gasteiger partial charge in [-0.25, -0.2) is 0 Å². The third kappa shape index (κ3) is 4.85. The Hall–Kier alpha value is -3.32. The van der Waals surface area contributed by atoms with E-state index in [0.717, 1.165) is 43.6 Å². The minimum Gasteiger partial charge on any atom is -0.493 e. The highest BCUT2D eigenvalue weighted by Crippen LogP contribution is 2.41. The van der Waals surface area contributed by atoms with Crippen LogP contribution in [0, 0.1) is 6.92 Å². The van der Waals surface area contributed by atoms with Crippen LogP contribution in [0.1, 0.15) is 66.9 Å². The Morgan fingerprint density at radius 2 is 1.81 bits per heavy atom. The molecular formula is C29H36N2O5. The lowest BCUT2D eigenvalue weighted by atomic mass is 9.97. The van der Waals surface area contributed by atoms with Crippen LogP contribution in [0.2, 0.25) is 0 Å². The van der Waals surface area contributed by atoms with Gasteiger partial charge in [-0.05, 0) is 69.2 Å². The van der Waals surface area contributed by atoms with Crippen LogP contribution in [0.5, 0.6) is 11.5 Å². The quantitative estimate of drug-likeness (QED) is 0.367. The molecule has 0 unspecified atom stereocenters. The molecule has 1 aromatic heterocycles. The van der Waals surface area contributed by atoms with E-state index >= 15 is 0 Å². The molecule has 4 rings (SSSR count). The zero-order valence-corrected chi connectivity index (χ0v) is 21.9. The molecule has 0 bridgehead atoms. The first-order valence-electron chi connectivity index (χ1n) is 12.8. The third-order valence-electron chi connectivity index (χ3n) is 6.85. The summed E-state index contributed by atoms with van der Waals surface area (Å²) in [5, 5.41) is 0.492. The fourth-order valence-corrected chi connectivity index (χ4v) is 4.90. The Kier molecular flexibility index (Phi) is 7.99. The second-order valence-corrected chi connectivity index (χ2v) is 9.21. The van der Waals surface area contributed by atoms with E-state index in [0.29, 0.717) is 41.2 Å². The predicted octanol–water partition coefficient (Wildman–Crippen LogP) is 5.18. The number of hydrogen-bond donors (Lipinski definition) is 0. The number of methoxy groups -OCH3 is 1. The first-order valence-corrected chi connectivity index (χ1v) is 12.8. The minimum atomic E-state index is -0.556. The molecule has 0 radical (unpaired) electrons. The summed E-state index contributed by atoms with van der Waals surface area (Å²) in [7, 11) is 1.60. The number of fused-ring (bicyclic) bond motifs is 2. The van der Waals surface area contributed by atoms with Gasteiger partial charge in [0, 0.05) is 6.54 Å². The summed E-state index contributed by atoms with van der Waals surface area (Å²) in [5.74, 6) is 1.10. The van der Waals surface area contributed by atoms with Crippen molar-refractivity contribution in [3.05, 3.63) is 69.1 Å². The smallest absolute Gasteiger partial charge is 0.290 e. The molecule has 3 aromatic rings. The third-order valence-corrected chi connectivity index (χ3v) is 6.85. The molecule has 1 aliphatic rings. The number of aryl methyl sites for hydroxylation is 1. The fraction of sp³-hybridized carbons (Fsp3) is 0.448. The number of ether oxygens (including phenoxy) is 2. The van der Waals surface area contributed by atoms with E-state index in [9.17, 15) is 9.59 Å². The number of carbonyl (C=O) groups excluding carboxylic acids is 1. The maximum absolute atomic E-state index is 13.8. The standard InChI is InChI=1S/C29H36N2O5/c1-6-16-35-23-13-11-20(18-24(23)34-5)26-25-27(32)21-17-19(4)10-12-22(21)36-28(25)29(33)31(26)15-9-14-30(7-2)8-3/h10-13,17-18,26H,6-9,14-16H2,1-5H3/t26-/m0/s1. The lowest BCUT2D eigenvalue weighted by Gasteiger charge is -2.27. The Bertz CT molecular complexity index is 1290. The van der Waals surface area contributed by atoms with E-state index in [1.165, 1.54) is 0 Å². The van der Waals surface area contributed by atoms with Gasteiger partial charge < -0.3 is 23.7 Å². The van der Waals surface area contributed by atoms with E-state index in [2.05, 4.69) is 18.7 Å². The van der Waals surface area contributed by atoms with Gasteiger partial charge in [-0.15, -0.1) is 0 Å². The molecule has 7 nitrogen and oxygen atoms in total. The number of amides is 1. The average Bonchev–Trinajstić information content (AvgIpc) is 3.17. The molecule has 36 heavy (non-hydrogen) atoms. The van der Waals surface area contributed by atoms with Crippen LogP contribution < -0.4 is 14.9 Å². The molecule has 2 heterocycles. The maximum Gasteiger partial charge on any atom is 0.290 e. The number of benzene rings is 2. The highest BCUT2D eigenvalue weighted by Gasteiger charge is 2.42. The SMILES string of the molecule is CCCOc1ccc([C@H]2c3c(oc4ccc(C)cc4c3=O)C(=O)N2CCCN(CC)CC)cc1OC. The lowest BCUT2D eigenvalue weighted by molar-refractivity contribution is 0.0720. The van der Waals surface area contributed by atoms with Crippen LogP contribution in [0.4, 0.5) is 0 Å². The normalized spacial score (nSPS) is 15.1. The highest BCUT2D eigenvalue weighted by molar-refractivity contribution is 5.99. The van der Waals surface area contributed by atoms with Crippen LogP contribution in [-0.4, -0.2) is 55.6 Å². The van der Waals surface area contributed by atoms with Crippen molar-refractivity contribution in [3.8, 4) is 11.5 Å². The average molecular weight is 493 g/mol. The Balaban J connectivity index is 1.81. The predicted molar refractivity (Wildman–Crippen MR) is 141 cm³/mol. The summed E-state index contributed by atoms with van der Waals surface area (Å²) in [5.41, 5.74) is 2.42. The van der Waals surface area contributed by atoms with E-state index in [-0.39, 0.29) is 17.1 Å². The van der Waals surface area contributed by atoms with Crippen molar-refractivity contribution in [1.82, 2.24) is 9.80 Å². The molecular weight excluding hydrogens is 456 g/mol. The van der Waals surface area contributed by atoms with Crippen LogP contribution in [-0.2, 0) is 0 Å². The zero-order valence-electron chi connectivity index (χ0n) is 21.9. The van der Waals surface area contributed by atoms with Gasteiger partial charge in [0.2, 0.25) is 5.76 Å². The summed E-state index contributed by atoms with van der Waals surface area (Å²) >= 11 is 0. The number of carbonyl (C=O) groups is 1. The maximum atomic E-state index is 13.8. The molecule has 0 spiro atoms.